The Morgan fingerprint density at radius 1 is 1.17 bits per heavy atom. The Balaban J connectivity index is 1.84. The van der Waals surface area contributed by atoms with Gasteiger partial charge in [-0.25, -0.2) is 9.78 Å². The minimum Gasteiger partial charge on any atom is -0.478 e. The second-order valence-electron chi connectivity index (χ2n) is 4.99. The molecule has 0 saturated heterocycles. The summed E-state index contributed by atoms with van der Waals surface area (Å²) in [6.07, 6.45) is 1.67. The Labute approximate surface area is 141 Å². The molecule has 2 N–H and O–H groups in total. The van der Waals surface area contributed by atoms with Gasteiger partial charge in [-0.15, -0.1) is 11.3 Å². The van der Waals surface area contributed by atoms with Crippen molar-refractivity contribution in [2.75, 3.05) is 5.32 Å². The van der Waals surface area contributed by atoms with Gasteiger partial charge >= 0.3 is 5.97 Å². The van der Waals surface area contributed by atoms with Gasteiger partial charge < -0.3 is 10.4 Å². The number of carbonyl (C=O) groups is 2. The van der Waals surface area contributed by atoms with Crippen molar-refractivity contribution in [3.63, 3.8) is 0 Å². The zero-order valence-electron chi connectivity index (χ0n) is 12.7. The van der Waals surface area contributed by atoms with Crippen LogP contribution in [0.2, 0.25) is 0 Å². The van der Waals surface area contributed by atoms with Crippen LogP contribution in [-0.2, 0) is 0 Å². The molecule has 0 atom stereocenters. The molecular weight excluding hydrogens is 326 g/mol. The predicted molar refractivity (Wildman–Crippen MR) is 91.4 cm³/mol. The van der Waals surface area contributed by atoms with Crippen molar-refractivity contribution >= 4 is 28.9 Å². The number of rotatable bonds is 4. The van der Waals surface area contributed by atoms with Crippen LogP contribution in [0.4, 0.5) is 5.69 Å². The summed E-state index contributed by atoms with van der Waals surface area (Å²) in [7, 11) is 0. The summed E-state index contributed by atoms with van der Waals surface area (Å²) in [4.78, 5) is 32.5. The molecule has 7 heteroatoms. The van der Waals surface area contributed by atoms with Crippen LogP contribution in [0.1, 0.15) is 25.7 Å². The van der Waals surface area contributed by atoms with Crippen LogP contribution >= 0.6 is 11.3 Å². The highest BCUT2D eigenvalue weighted by atomic mass is 32.1. The molecule has 0 unspecified atom stereocenters. The molecule has 3 aromatic rings. The summed E-state index contributed by atoms with van der Waals surface area (Å²) in [6, 6.07) is 11.6. The molecule has 3 rings (SSSR count). The van der Waals surface area contributed by atoms with Gasteiger partial charge in [0.2, 0.25) is 0 Å². The van der Waals surface area contributed by atoms with Crippen molar-refractivity contribution in [2.45, 2.75) is 6.92 Å². The van der Waals surface area contributed by atoms with E-state index in [9.17, 15) is 9.59 Å². The number of nitrogens with zero attached hydrogens (tertiary/aromatic N) is 2. The number of benzene rings is 1. The molecule has 2 heterocycles. The van der Waals surface area contributed by atoms with Gasteiger partial charge in [-0.1, -0.05) is 12.1 Å². The summed E-state index contributed by atoms with van der Waals surface area (Å²) in [6.45, 7) is 1.76. The zero-order valence-corrected chi connectivity index (χ0v) is 13.5. The first kappa shape index (κ1) is 15.8. The molecule has 1 amide bonds. The molecule has 0 aliphatic rings. The molecule has 0 aliphatic heterocycles. The lowest BCUT2D eigenvalue weighted by molar-refractivity contribution is 0.0696. The van der Waals surface area contributed by atoms with E-state index in [4.69, 9.17) is 5.11 Å². The first-order chi connectivity index (χ1) is 11.5. The average Bonchev–Trinajstić information content (AvgIpc) is 2.98. The number of pyridine rings is 1. The van der Waals surface area contributed by atoms with Gasteiger partial charge in [0.15, 0.2) is 0 Å². The molecule has 0 spiro atoms. The molecule has 0 bridgehead atoms. The molecule has 0 radical (unpaired) electrons. The zero-order chi connectivity index (χ0) is 17.1. The molecule has 0 fully saturated rings. The summed E-state index contributed by atoms with van der Waals surface area (Å²) >= 11 is 1.25. The highest BCUT2D eigenvalue weighted by Crippen LogP contribution is 2.27. The molecule has 120 valence electrons. The Bertz CT molecular complexity index is 906. The van der Waals surface area contributed by atoms with Crippen molar-refractivity contribution in [3.8, 4) is 10.7 Å². The van der Waals surface area contributed by atoms with E-state index < -0.39 is 5.97 Å². The Morgan fingerprint density at radius 3 is 2.71 bits per heavy atom. The quantitative estimate of drug-likeness (QED) is 0.759. The normalized spacial score (nSPS) is 10.4. The molecule has 2 aromatic heterocycles. The fourth-order valence-corrected chi connectivity index (χ4v) is 3.06. The highest BCUT2D eigenvalue weighted by Gasteiger charge is 2.17. The number of aromatic carboxylic acids is 1. The lowest BCUT2D eigenvalue weighted by atomic mass is 10.2. The second kappa shape index (κ2) is 6.59. The van der Waals surface area contributed by atoms with Crippen LogP contribution in [0.15, 0.2) is 48.7 Å². The summed E-state index contributed by atoms with van der Waals surface area (Å²) in [5.74, 6) is -1.37. The van der Waals surface area contributed by atoms with Gasteiger partial charge in [-0.2, -0.15) is 0 Å². The van der Waals surface area contributed by atoms with E-state index in [-0.39, 0.29) is 11.5 Å². The lowest BCUT2D eigenvalue weighted by Gasteiger charge is -2.04. The minimum absolute atomic E-state index is 0.114. The molecule has 1 aromatic carbocycles. The number of amides is 1. The van der Waals surface area contributed by atoms with Gasteiger partial charge in [-0.3, -0.25) is 9.78 Å². The molecule has 0 aliphatic carbocycles. The highest BCUT2D eigenvalue weighted by molar-refractivity contribution is 7.17. The standard InChI is InChI=1S/C17H13N3O3S/c1-10-14(24-16(19-10)13-7-2-3-8-18-13)15(21)20-12-6-4-5-11(9-12)17(22)23/h2-9H,1H3,(H,20,21)(H,22,23). The maximum atomic E-state index is 12.5. The van der Waals surface area contributed by atoms with Crippen molar-refractivity contribution in [1.82, 2.24) is 9.97 Å². The van der Waals surface area contributed by atoms with Crippen molar-refractivity contribution in [1.29, 1.82) is 0 Å². The van der Waals surface area contributed by atoms with Gasteiger partial charge in [0.1, 0.15) is 9.88 Å². The van der Waals surface area contributed by atoms with E-state index in [1.807, 2.05) is 18.2 Å². The minimum atomic E-state index is -1.04. The number of aromatic nitrogens is 2. The fraction of sp³-hybridized carbons (Fsp3) is 0.0588. The van der Waals surface area contributed by atoms with E-state index in [0.29, 0.717) is 27.0 Å². The van der Waals surface area contributed by atoms with Gasteiger partial charge in [0.25, 0.3) is 5.91 Å². The Hall–Kier alpha value is -3.06. The van der Waals surface area contributed by atoms with Crippen LogP contribution in [0.3, 0.4) is 0 Å². The number of thiazole rings is 1. The lowest BCUT2D eigenvalue weighted by Crippen LogP contribution is -2.12. The van der Waals surface area contributed by atoms with Crippen LogP contribution < -0.4 is 5.32 Å². The third-order valence-corrected chi connectivity index (χ3v) is 4.43. The smallest absolute Gasteiger partial charge is 0.335 e. The molecule has 24 heavy (non-hydrogen) atoms. The fourth-order valence-electron chi connectivity index (χ4n) is 2.12. The second-order valence-corrected chi connectivity index (χ2v) is 5.99. The maximum absolute atomic E-state index is 12.5. The van der Waals surface area contributed by atoms with Crippen molar-refractivity contribution < 1.29 is 14.7 Å². The van der Waals surface area contributed by atoms with Crippen LogP contribution in [-0.4, -0.2) is 27.0 Å². The Morgan fingerprint density at radius 2 is 2.00 bits per heavy atom. The first-order valence-electron chi connectivity index (χ1n) is 7.08. The van der Waals surface area contributed by atoms with E-state index in [2.05, 4.69) is 15.3 Å². The van der Waals surface area contributed by atoms with E-state index in [1.54, 1.807) is 25.3 Å². The third-order valence-electron chi connectivity index (χ3n) is 3.25. The largest absolute Gasteiger partial charge is 0.478 e. The van der Waals surface area contributed by atoms with Gasteiger partial charge in [-0.05, 0) is 37.3 Å². The number of hydrogen-bond donors (Lipinski definition) is 2. The SMILES string of the molecule is Cc1nc(-c2ccccn2)sc1C(=O)Nc1cccc(C(=O)O)c1. The monoisotopic (exact) mass is 339 g/mol. The summed E-state index contributed by atoms with van der Waals surface area (Å²) in [5, 5.41) is 12.4. The number of hydrogen-bond acceptors (Lipinski definition) is 5. The number of anilines is 1. The van der Waals surface area contributed by atoms with Gasteiger partial charge in [0, 0.05) is 11.9 Å². The number of carboxylic acids is 1. The predicted octanol–water partition coefficient (Wildman–Crippen LogP) is 3.46. The first-order valence-corrected chi connectivity index (χ1v) is 7.90. The molecule has 0 saturated carbocycles. The topological polar surface area (TPSA) is 92.2 Å². The Kier molecular flexibility index (Phi) is 4.35. The number of aryl methyl sites for hydroxylation is 1. The molecular formula is C17H13N3O3S. The van der Waals surface area contributed by atoms with Crippen molar-refractivity contribution in [2.24, 2.45) is 0 Å². The van der Waals surface area contributed by atoms with E-state index >= 15 is 0 Å². The number of carboxylic acid groups (broad SMARTS) is 1. The average molecular weight is 339 g/mol. The van der Waals surface area contributed by atoms with Gasteiger partial charge in [0.05, 0.1) is 17.0 Å². The maximum Gasteiger partial charge on any atom is 0.335 e. The van der Waals surface area contributed by atoms with Crippen LogP contribution in [0, 0.1) is 6.92 Å². The van der Waals surface area contributed by atoms with E-state index in [0.717, 1.165) is 0 Å². The number of nitrogens with one attached hydrogen (secondary N) is 1. The molecule has 6 nitrogen and oxygen atoms in total. The third kappa shape index (κ3) is 3.31. The summed E-state index contributed by atoms with van der Waals surface area (Å²) in [5.41, 5.74) is 1.85. The van der Waals surface area contributed by atoms with Crippen LogP contribution in [0.25, 0.3) is 10.7 Å². The number of carbonyl (C=O) groups excluding carboxylic acids is 1. The van der Waals surface area contributed by atoms with E-state index in [1.165, 1.54) is 23.5 Å². The van der Waals surface area contributed by atoms with Crippen LogP contribution in [0.5, 0.6) is 0 Å². The van der Waals surface area contributed by atoms with Crippen molar-refractivity contribution in [3.05, 3.63) is 64.8 Å². The summed E-state index contributed by atoms with van der Waals surface area (Å²) < 4.78 is 0.